The zero-order chi connectivity index (χ0) is 20.7. The molecule has 158 valence electrons. The van der Waals surface area contributed by atoms with E-state index >= 15 is 0 Å². The van der Waals surface area contributed by atoms with Gasteiger partial charge < -0.3 is 9.47 Å². The van der Waals surface area contributed by atoms with Gasteiger partial charge in [-0.3, -0.25) is 0 Å². The monoisotopic (exact) mass is 404 g/mol. The van der Waals surface area contributed by atoms with Crippen LogP contribution in [0.15, 0.2) is 48.5 Å². The van der Waals surface area contributed by atoms with Gasteiger partial charge in [-0.05, 0) is 97.4 Å². The van der Waals surface area contributed by atoms with E-state index in [9.17, 15) is 4.79 Å². The average Bonchev–Trinajstić information content (AvgIpc) is 2.79. The second-order valence-electron chi connectivity index (χ2n) is 9.73. The van der Waals surface area contributed by atoms with Crippen LogP contribution in [0.5, 0.6) is 5.75 Å². The van der Waals surface area contributed by atoms with E-state index in [2.05, 4.69) is 25.1 Å². The highest BCUT2D eigenvalue weighted by Gasteiger charge is 2.52. The van der Waals surface area contributed by atoms with Crippen LogP contribution in [-0.2, 0) is 11.2 Å². The fraction of sp³-hybridized carbons (Fsp3) is 0.519. The SMILES string of the molecule is COc1cccc2c1CC[C@@H]1[C@@H]2CC[C@H]2C[C@H](OC(=O)c3ccccc3)CC[C@]21C. The van der Waals surface area contributed by atoms with Crippen LogP contribution in [0, 0.1) is 17.3 Å². The molecule has 2 aromatic carbocycles. The van der Waals surface area contributed by atoms with Gasteiger partial charge in [-0.1, -0.05) is 37.3 Å². The molecule has 5 rings (SSSR count). The van der Waals surface area contributed by atoms with Crippen LogP contribution in [-0.4, -0.2) is 19.2 Å². The Hall–Kier alpha value is -2.29. The summed E-state index contributed by atoms with van der Waals surface area (Å²) in [6, 6.07) is 16.0. The molecule has 0 spiro atoms. The van der Waals surface area contributed by atoms with Gasteiger partial charge >= 0.3 is 5.97 Å². The van der Waals surface area contributed by atoms with Crippen LogP contribution in [0.1, 0.15) is 72.9 Å². The third kappa shape index (κ3) is 3.23. The minimum atomic E-state index is -0.170. The van der Waals surface area contributed by atoms with Crippen molar-refractivity contribution >= 4 is 5.97 Å². The largest absolute Gasteiger partial charge is 0.496 e. The summed E-state index contributed by atoms with van der Waals surface area (Å²) < 4.78 is 11.6. The lowest BCUT2D eigenvalue weighted by atomic mass is 9.49. The highest BCUT2D eigenvalue weighted by molar-refractivity contribution is 5.89. The number of hydrogen-bond acceptors (Lipinski definition) is 3. The van der Waals surface area contributed by atoms with Gasteiger partial charge in [0.1, 0.15) is 11.9 Å². The third-order valence-corrected chi connectivity index (χ3v) is 8.42. The summed E-state index contributed by atoms with van der Waals surface area (Å²) in [5.74, 6) is 2.91. The standard InChI is InChI=1S/C27H32O3/c1-27-16-15-20(30-26(28)18-7-4-3-5-8-18)17-19(27)11-12-22-21-9-6-10-25(29-2)23(21)13-14-24(22)27/h3-10,19-20,22,24H,11-17H2,1-2H3/t19-,20+,22+,24+,27+/m0/s1. The molecule has 0 aliphatic heterocycles. The molecule has 5 atom stereocenters. The van der Waals surface area contributed by atoms with Crippen molar-refractivity contribution in [2.75, 3.05) is 7.11 Å². The van der Waals surface area contributed by atoms with Gasteiger partial charge in [-0.25, -0.2) is 4.79 Å². The first-order valence-electron chi connectivity index (χ1n) is 11.5. The van der Waals surface area contributed by atoms with Crippen LogP contribution in [0.4, 0.5) is 0 Å². The molecule has 2 saturated carbocycles. The topological polar surface area (TPSA) is 35.5 Å². The molecule has 0 amide bonds. The fourth-order valence-corrected chi connectivity index (χ4v) is 6.85. The van der Waals surface area contributed by atoms with Crippen molar-refractivity contribution in [3.63, 3.8) is 0 Å². The number of carbonyl (C=O) groups excluding carboxylic acids is 1. The van der Waals surface area contributed by atoms with Gasteiger partial charge in [-0.2, -0.15) is 0 Å². The van der Waals surface area contributed by atoms with Crippen molar-refractivity contribution in [1.82, 2.24) is 0 Å². The van der Waals surface area contributed by atoms with E-state index in [1.165, 1.54) is 30.4 Å². The second-order valence-corrected chi connectivity index (χ2v) is 9.73. The van der Waals surface area contributed by atoms with Crippen molar-refractivity contribution < 1.29 is 14.3 Å². The molecule has 0 bridgehead atoms. The van der Waals surface area contributed by atoms with Gasteiger partial charge in [0.25, 0.3) is 0 Å². The number of ether oxygens (including phenoxy) is 2. The van der Waals surface area contributed by atoms with Gasteiger partial charge in [0.05, 0.1) is 12.7 Å². The minimum Gasteiger partial charge on any atom is -0.496 e. The molecule has 3 heteroatoms. The predicted octanol–water partition coefficient (Wildman–Crippen LogP) is 6.17. The van der Waals surface area contributed by atoms with Crippen molar-refractivity contribution in [2.24, 2.45) is 17.3 Å². The minimum absolute atomic E-state index is 0.0586. The lowest BCUT2D eigenvalue weighted by molar-refractivity contribution is -0.0682. The number of esters is 1. The van der Waals surface area contributed by atoms with Gasteiger partial charge in [-0.15, -0.1) is 0 Å². The molecule has 30 heavy (non-hydrogen) atoms. The molecule has 2 aromatic rings. The Labute approximate surface area is 179 Å². The molecule has 3 aliphatic carbocycles. The molecule has 0 radical (unpaired) electrons. The Balaban J connectivity index is 1.32. The summed E-state index contributed by atoms with van der Waals surface area (Å²) in [7, 11) is 1.79. The summed E-state index contributed by atoms with van der Waals surface area (Å²) in [6.07, 6.45) is 8.06. The molecule has 0 heterocycles. The highest BCUT2D eigenvalue weighted by Crippen LogP contribution is 2.61. The summed E-state index contributed by atoms with van der Waals surface area (Å²) in [5, 5.41) is 0. The number of hydrogen-bond donors (Lipinski definition) is 0. The summed E-state index contributed by atoms with van der Waals surface area (Å²) in [6.45, 7) is 2.52. The maximum Gasteiger partial charge on any atom is 0.338 e. The highest BCUT2D eigenvalue weighted by atomic mass is 16.5. The van der Waals surface area contributed by atoms with Crippen molar-refractivity contribution in [2.45, 2.75) is 63.9 Å². The average molecular weight is 405 g/mol. The van der Waals surface area contributed by atoms with Gasteiger partial charge in [0.15, 0.2) is 0 Å². The van der Waals surface area contributed by atoms with E-state index in [0.717, 1.165) is 37.4 Å². The maximum atomic E-state index is 12.5. The summed E-state index contributed by atoms with van der Waals surface area (Å²) >= 11 is 0. The van der Waals surface area contributed by atoms with E-state index in [4.69, 9.17) is 9.47 Å². The van der Waals surface area contributed by atoms with Crippen LogP contribution in [0.3, 0.4) is 0 Å². The first kappa shape index (κ1) is 19.7. The number of methoxy groups -OCH3 is 1. The molecular weight excluding hydrogens is 372 g/mol. The second kappa shape index (κ2) is 7.76. The van der Waals surface area contributed by atoms with Gasteiger partial charge in [0, 0.05) is 0 Å². The molecule has 0 N–H and O–H groups in total. The van der Waals surface area contributed by atoms with Crippen molar-refractivity contribution in [1.29, 1.82) is 0 Å². The van der Waals surface area contributed by atoms with Crippen molar-refractivity contribution in [3.05, 3.63) is 65.2 Å². The molecule has 2 fully saturated rings. The third-order valence-electron chi connectivity index (χ3n) is 8.42. The summed E-state index contributed by atoms with van der Waals surface area (Å²) in [5.41, 5.74) is 3.98. The Morgan fingerprint density at radius 1 is 1.00 bits per heavy atom. The van der Waals surface area contributed by atoms with Crippen LogP contribution >= 0.6 is 0 Å². The molecule has 0 unspecified atom stereocenters. The number of carbonyl (C=O) groups is 1. The zero-order valence-electron chi connectivity index (χ0n) is 18.1. The lowest BCUT2D eigenvalue weighted by Gasteiger charge is -2.56. The molecule has 3 nitrogen and oxygen atoms in total. The van der Waals surface area contributed by atoms with E-state index in [1.807, 2.05) is 30.3 Å². The van der Waals surface area contributed by atoms with E-state index in [1.54, 1.807) is 7.11 Å². The van der Waals surface area contributed by atoms with Crippen LogP contribution < -0.4 is 4.74 Å². The predicted molar refractivity (Wildman–Crippen MR) is 118 cm³/mol. The zero-order valence-corrected chi connectivity index (χ0v) is 18.1. The lowest BCUT2D eigenvalue weighted by Crippen LogP contribution is -2.49. The number of fused-ring (bicyclic) bond motifs is 5. The van der Waals surface area contributed by atoms with E-state index in [0.29, 0.717) is 22.8 Å². The van der Waals surface area contributed by atoms with E-state index in [-0.39, 0.29) is 12.1 Å². The molecule has 0 aromatic heterocycles. The Morgan fingerprint density at radius 3 is 2.63 bits per heavy atom. The first-order valence-corrected chi connectivity index (χ1v) is 11.5. The Morgan fingerprint density at radius 2 is 1.83 bits per heavy atom. The fourth-order valence-electron chi connectivity index (χ4n) is 6.85. The Kier molecular flexibility index (Phi) is 5.08. The quantitative estimate of drug-likeness (QED) is 0.574. The normalized spacial score (nSPS) is 32.3. The van der Waals surface area contributed by atoms with Crippen LogP contribution in [0.25, 0.3) is 0 Å². The molecule has 3 aliphatic rings. The number of benzene rings is 2. The first-order chi connectivity index (χ1) is 14.6. The molecule has 0 saturated heterocycles. The van der Waals surface area contributed by atoms with Crippen LogP contribution in [0.2, 0.25) is 0 Å². The smallest absolute Gasteiger partial charge is 0.338 e. The van der Waals surface area contributed by atoms with Crippen molar-refractivity contribution in [3.8, 4) is 5.75 Å². The molecular formula is C27H32O3. The van der Waals surface area contributed by atoms with E-state index < -0.39 is 0 Å². The van der Waals surface area contributed by atoms with Gasteiger partial charge in [0.2, 0.25) is 0 Å². The summed E-state index contributed by atoms with van der Waals surface area (Å²) in [4.78, 5) is 12.5. The number of rotatable bonds is 3. The maximum absolute atomic E-state index is 12.5. The Bertz CT molecular complexity index is 921.